The summed E-state index contributed by atoms with van der Waals surface area (Å²) in [4.78, 5) is 0. The minimum atomic E-state index is -0.324. The van der Waals surface area contributed by atoms with E-state index in [2.05, 4.69) is 103 Å². The third-order valence-corrected chi connectivity index (χ3v) is 7.88. The molecule has 0 spiro atoms. The summed E-state index contributed by atoms with van der Waals surface area (Å²) < 4.78 is 8.87. The molecule has 36 heavy (non-hydrogen) atoms. The first-order valence-electron chi connectivity index (χ1n) is 12.5. The molecule has 176 valence electrons. The number of nitrogens with one attached hydrogen (secondary N) is 1. The maximum atomic E-state index is 7.99. The second-order valence-electron chi connectivity index (χ2n) is 10.2. The van der Waals surface area contributed by atoms with Crippen LogP contribution in [0.5, 0.6) is 5.75 Å². The summed E-state index contributed by atoms with van der Waals surface area (Å²) in [6.45, 7) is 2.23. The zero-order valence-corrected chi connectivity index (χ0v) is 20.1. The second kappa shape index (κ2) is 7.59. The van der Waals surface area contributed by atoms with Crippen molar-refractivity contribution in [1.82, 2.24) is 4.57 Å². The van der Waals surface area contributed by atoms with Crippen molar-refractivity contribution in [3.8, 4) is 5.75 Å². The number of aromatic nitrogens is 1. The van der Waals surface area contributed by atoms with Gasteiger partial charge in [-0.3, -0.25) is 5.41 Å². The molecule has 3 atom stereocenters. The first-order chi connectivity index (χ1) is 17.5. The standard InChI is InChI=1S/C32H27N3O/c1-32(17-7-8-21(19-32)31(33)34)35-27-13-4-2-9-23(27)26-18-20(15-16-28(26)35)22-11-6-12-25-24-10-3-5-14-29(24)36-30(22)25/h2-16,18-19,22,30H,17H2,1H3,(H3,33,34). The van der Waals surface area contributed by atoms with Gasteiger partial charge in [0.25, 0.3) is 0 Å². The van der Waals surface area contributed by atoms with E-state index < -0.39 is 0 Å². The fraction of sp³-hybridized carbons (Fsp3) is 0.156. The minimum absolute atomic E-state index is 0.0137. The lowest BCUT2D eigenvalue weighted by molar-refractivity contribution is 0.258. The summed E-state index contributed by atoms with van der Waals surface area (Å²) in [7, 11) is 0. The maximum absolute atomic E-state index is 7.99. The molecule has 3 N–H and O–H groups in total. The average molecular weight is 470 g/mol. The van der Waals surface area contributed by atoms with Crippen LogP contribution in [0.25, 0.3) is 27.4 Å². The van der Waals surface area contributed by atoms with Gasteiger partial charge in [0.15, 0.2) is 0 Å². The number of hydrogen-bond acceptors (Lipinski definition) is 2. The Kier molecular flexibility index (Phi) is 4.43. The lowest BCUT2D eigenvalue weighted by Gasteiger charge is -2.32. The molecule has 0 saturated heterocycles. The molecular formula is C32H27N3O. The predicted molar refractivity (Wildman–Crippen MR) is 148 cm³/mol. The highest BCUT2D eigenvalue weighted by atomic mass is 16.5. The maximum Gasteiger partial charge on any atom is 0.135 e. The van der Waals surface area contributed by atoms with Crippen LogP contribution in [0.1, 0.15) is 30.4 Å². The van der Waals surface area contributed by atoms with E-state index in [0.717, 1.165) is 17.7 Å². The van der Waals surface area contributed by atoms with E-state index in [0.29, 0.717) is 0 Å². The molecule has 1 aliphatic heterocycles. The van der Waals surface area contributed by atoms with Crippen molar-refractivity contribution in [3.05, 3.63) is 120 Å². The van der Waals surface area contributed by atoms with Crippen molar-refractivity contribution in [2.24, 2.45) is 5.73 Å². The largest absolute Gasteiger partial charge is 0.484 e. The van der Waals surface area contributed by atoms with Gasteiger partial charge in [-0.2, -0.15) is 0 Å². The Labute approximate surface area is 210 Å². The molecule has 1 aromatic heterocycles. The Morgan fingerprint density at radius 2 is 1.83 bits per heavy atom. The number of rotatable bonds is 3. The Morgan fingerprint density at radius 3 is 2.72 bits per heavy atom. The number of hydrogen-bond donors (Lipinski definition) is 2. The number of fused-ring (bicyclic) bond motifs is 6. The number of benzene rings is 3. The third-order valence-electron chi connectivity index (χ3n) is 7.88. The molecule has 0 saturated carbocycles. The zero-order chi connectivity index (χ0) is 24.4. The fourth-order valence-electron chi connectivity index (χ4n) is 6.22. The Hall–Kier alpha value is -4.31. The van der Waals surface area contributed by atoms with Crippen LogP contribution >= 0.6 is 0 Å². The van der Waals surface area contributed by atoms with Gasteiger partial charge in [0.1, 0.15) is 17.7 Å². The Balaban J connectivity index is 1.38. The normalized spacial score (nSPS) is 24.2. The molecule has 2 heterocycles. The number of para-hydroxylation sites is 2. The van der Waals surface area contributed by atoms with Crippen LogP contribution in [0.4, 0.5) is 0 Å². The van der Waals surface area contributed by atoms with E-state index in [1.54, 1.807) is 0 Å². The average Bonchev–Trinajstić information content (AvgIpc) is 3.44. The quantitative estimate of drug-likeness (QED) is 0.255. The number of nitrogens with two attached hydrogens (primary N) is 1. The molecule has 3 aromatic carbocycles. The predicted octanol–water partition coefficient (Wildman–Crippen LogP) is 6.83. The van der Waals surface area contributed by atoms with Gasteiger partial charge >= 0.3 is 0 Å². The van der Waals surface area contributed by atoms with E-state index in [9.17, 15) is 0 Å². The smallest absolute Gasteiger partial charge is 0.135 e. The van der Waals surface area contributed by atoms with Gasteiger partial charge in [-0.1, -0.05) is 72.8 Å². The molecule has 3 unspecified atom stereocenters. The van der Waals surface area contributed by atoms with Gasteiger partial charge in [0.2, 0.25) is 0 Å². The van der Waals surface area contributed by atoms with Crippen molar-refractivity contribution in [1.29, 1.82) is 5.41 Å². The van der Waals surface area contributed by atoms with E-state index in [4.69, 9.17) is 15.9 Å². The molecule has 4 heteroatoms. The molecule has 0 amide bonds. The monoisotopic (exact) mass is 469 g/mol. The van der Waals surface area contributed by atoms with Gasteiger partial charge in [-0.15, -0.1) is 0 Å². The lowest BCUT2D eigenvalue weighted by Crippen LogP contribution is -2.30. The van der Waals surface area contributed by atoms with Gasteiger partial charge in [-0.25, -0.2) is 0 Å². The molecule has 0 radical (unpaired) electrons. The second-order valence-corrected chi connectivity index (χ2v) is 10.2. The van der Waals surface area contributed by atoms with E-state index in [1.807, 2.05) is 12.1 Å². The van der Waals surface area contributed by atoms with Crippen LogP contribution in [0, 0.1) is 5.41 Å². The van der Waals surface area contributed by atoms with Gasteiger partial charge in [0, 0.05) is 44.4 Å². The first-order valence-corrected chi connectivity index (χ1v) is 12.5. The topological polar surface area (TPSA) is 64.0 Å². The fourth-order valence-corrected chi connectivity index (χ4v) is 6.22. The van der Waals surface area contributed by atoms with Crippen LogP contribution in [0.3, 0.4) is 0 Å². The summed E-state index contributed by atoms with van der Waals surface area (Å²) in [5.74, 6) is 1.21. The highest BCUT2D eigenvalue weighted by Gasteiger charge is 2.36. The van der Waals surface area contributed by atoms with Crippen molar-refractivity contribution in [3.63, 3.8) is 0 Å². The van der Waals surface area contributed by atoms with E-state index in [1.165, 1.54) is 38.5 Å². The van der Waals surface area contributed by atoms with Gasteiger partial charge < -0.3 is 15.0 Å². The van der Waals surface area contributed by atoms with Crippen LogP contribution in [0.15, 0.2) is 109 Å². The van der Waals surface area contributed by atoms with E-state index >= 15 is 0 Å². The molecule has 4 nitrogen and oxygen atoms in total. The van der Waals surface area contributed by atoms with Crippen molar-refractivity contribution < 1.29 is 4.74 Å². The molecule has 4 aromatic rings. The first kappa shape index (κ1) is 21.0. The minimum Gasteiger partial charge on any atom is -0.484 e. The van der Waals surface area contributed by atoms with E-state index in [-0.39, 0.29) is 23.4 Å². The Morgan fingerprint density at radius 1 is 1.03 bits per heavy atom. The van der Waals surface area contributed by atoms with Crippen LogP contribution < -0.4 is 10.5 Å². The summed E-state index contributed by atoms with van der Waals surface area (Å²) in [5, 5.41) is 10.5. The van der Waals surface area contributed by atoms with Crippen molar-refractivity contribution in [2.45, 2.75) is 30.9 Å². The Bertz CT molecular complexity index is 1700. The number of nitrogens with zero attached hydrogens (tertiary/aromatic N) is 1. The highest BCUT2D eigenvalue weighted by Crippen LogP contribution is 2.46. The van der Waals surface area contributed by atoms with Crippen LogP contribution in [-0.2, 0) is 5.54 Å². The number of allylic oxidation sites excluding steroid dienone is 4. The van der Waals surface area contributed by atoms with Gasteiger partial charge in [-0.05, 0) is 49.2 Å². The molecule has 0 fully saturated rings. The molecule has 3 aliphatic rings. The third kappa shape index (κ3) is 2.97. The lowest BCUT2D eigenvalue weighted by atomic mass is 9.83. The number of amidine groups is 1. The molecule has 7 rings (SSSR count). The number of ether oxygens (including phenoxy) is 1. The summed E-state index contributed by atoms with van der Waals surface area (Å²) in [6, 6.07) is 23.8. The SMILES string of the molecule is CC1(n2c3ccccc3c3cc(C4C=CC=C5c6ccccc6OC54)ccc32)C=C(C(=N)N)C=CC1. The summed E-state index contributed by atoms with van der Waals surface area (Å²) in [5.41, 5.74) is 12.4. The molecule has 2 aliphatic carbocycles. The summed E-state index contributed by atoms with van der Waals surface area (Å²) >= 11 is 0. The molecule has 0 bridgehead atoms. The van der Waals surface area contributed by atoms with Crippen molar-refractivity contribution >= 4 is 33.2 Å². The van der Waals surface area contributed by atoms with Crippen LogP contribution in [0.2, 0.25) is 0 Å². The summed E-state index contributed by atoms with van der Waals surface area (Å²) in [6.07, 6.45) is 13.7. The molecular weight excluding hydrogens is 442 g/mol. The highest BCUT2D eigenvalue weighted by molar-refractivity contribution is 6.09. The zero-order valence-electron chi connectivity index (χ0n) is 20.1. The van der Waals surface area contributed by atoms with Crippen molar-refractivity contribution in [2.75, 3.05) is 0 Å². The van der Waals surface area contributed by atoms with Crippen LogP contribution in [-0.4, -0.2) is 16.5 Å². The van der Waals surface area contributed by atoms with Gasteiger partial charge in [0.05, 0.1) is 5.54 Å².